The van der Waals surface area contributed by atoms with Gasteiger partial charge >= 0.3 is 0 Å². The summed E-state index contributed by atoms with van der Waals surface area (Å²) in [6, 6.07) is 4.64. The minimum Gasteiger partial charge on any atom is -0.493 e. The van der Waals surface area contributed by atoms with Crippen molar-refractivity contribution in [2.45, 2.75) is 59.4 Å². The second kappa shape index (κ2) is 7.16. The van der Waals surface area contributed by atoms with Crippen LogP contribution in [0.3, 0.4) is 0 Å². The van der Waals surface area contributed by atoms with Crippen molar-refractivity contribution >= 4 is 12.4 Å². The third-order valence-electron chi connectivity index (χ3n) is 2.99. The number of benzene rings is 1. The average Bonchev–Trinajstić information content (AvgIpc) is 2.19. The first kappa shape index (κ1) is 18.3. The standard InChI is InChI=1S/C16H27NO.ClH/c1-7-18-15-11(2)8-13(9-12(3)17)10-14(15)16(4,5)6;/h8,10,12H,7,9,17H2,1-6H3;1H. The van der Waals surface area contributed by atoms with Crippen LogP contribution >= 0.6 is 12.4 Å². The first-order valence-electron chi connectivity index (χ1n) is 6.78. The van der Waals surface area contributed by atoms with E-state index in [2.05, 4.69) is 39.8 Å². The molecule has 2 N–H and O–H groups in total. The molecule has 0 amide bonds. The molecule has 19 heavy (non-hydrogen) atoms. The summed E-state index contributed by atoms with van der Waals surface area (Å²) in [5.74, 6) is 1.04. The second-order valence-electron chi connectivity index (χ2n) is 6.15. The van der Waals surface area contributed by atoms with Gasteiger partial charge in [-0.2, -0.15) is 0 Å². The van der Waals surface area contributed by atoms with Crippen LogP contribution < -0.4 is 10.5 Å². The molecule has 0 saturated heterocycles. The molecule has 3 heteroatoms. The van der Waals surface area contributed by atoms with E-state index in [1.165, 1.54) is 16.7 Å². The predicted octanol–water partition coefficient (Wildman–Crippen LogP) is 4.00. The highest BCUT2D eigenvalue weighted by atomic mass is 35.5. The molecular weight excluding hydrogens is 258 g/mol. The van der Waals surface area contributed by atoms with Crippen LogP contribution in [-0.2, 0) is 11.8 Å². The lowest BCUT2D eigenvalue weighted by Gasteiger charge is -2.25. The molecule has 0 heterocycles. The highest BCUT2D eigenvalue weighted by molar-refractivity contribution is 5.85. The molecule has 0 aliphatic heterocycles. The van der Waals surface area contributed by atoms with Crippen LogP contribution in [0.1, 0.15) is 51.3 Å². The predicted molar refractivity (Wildman–Crippen MR) is 85.6 cm³/mol. The van der Waals surface area contributed by atoms with Gasteiger partial charge in [0.05, 0.1) is 6.61 Å². The van der Waals surface area contributed by atoms with E-state index < -0.39 is 0 Å². The van der Waals surface area contributed by atoms with Gasteiger partial charge in [-0.3, -0.25) is 0 Å². The number of nitrogens with two attached hydrogens (primary N) is 1. The molecule has 110 valence electrons. The van der Waals surface area contributed by atoms with Gasteiger partial charge in [-0.1, -0.05) is 32.9 Å². The molecule has 1 atom stereocenters. The van der Waals surface area contributed by atoms with E-state index in [1.54, 1.807) is 0 Å². The zero-order chi connectivity index (χ0) is 13.9. The highest BCUT2D eigenvalue weighted by Crippen LogP contribution is 2.35. The Morgan fingerprint density at radius 1 is 1.26 bits per heavy atom. The van der Waals surface area contributed by atoms with Gasteiger partial charge in [0.25, 0.3) is 0 Å². The molecule has 1 aromatic carbocycles. The fraction of sp³-hybridized carbons (Fsp3) is 0.625. The van der Waals surface area contributed by atoms with Crippen molar-refractivity contribution in [3.63, 3.8) is 0 Å². The lowest BCUT2D eigenvalue weighted by molar-refractivity contribution is 0.327. The number of hydrogen-bond donors (Lipinski definition) is 1. The van der Waals surface area contributed by atoms with Gasteiger partial charge in [-0.05, 0) is 43.7 Å². The number of ether oxygens (including phenoxy) is 1. The summed E-state index contributed by atoms with van der Waals surface area (Å²) in [6.07, 6.45) is 0.913. The molecule has 0 aromatic heterocycles. The maximum absolute atomic E-state index is 5.90. The smallest absolute Gasteiger partial charge is 0.125 e. The fourth-order valence-electron chi connectivity index (χ4n) is 2.23. The van der Waals surface area contributed by atoms with Crippen molar-refractivity contribution in [1.29, 1.82) is 0 Å². The molecule has 2 nitrogen and oxygen atoms in total. The van der Waals surface area contributed by atoms with E-state index in [1.807, 2.05) is 13.8 Å². The first-order chi connectivity index (χ1) is 8.25. The Bertz CT molecular complexity index is 408. The summed E-state index contributed by atoms with van der Waals surface area (Å²) in [5, 5.41) is 0. The van der Waals surface area contributed by atoms with Crippen molar-refractivity contribution in [3.05, 3.63) is 28.8 Å². The molecule has 0 aliphatic rings. The lowest BCUT2D eigenvalue weighted by Crippen LogP contribution is -2.20. The van der Waals surface area contributed by atoms with Crippen LogP contribution in [-0.4, -0.2) is 12.6 Å². The Kier molecular flexibility index (Phi) is 6.88. The van der Waals surface area contributed by atoms with E-state index in [0.717, 1.165) is 12.2 Å². The number of hydrogen-bond acceptors (Lipinski definition) is 2. The SMILES string of the molecule is CCOc1c(C)cc(CC(C)N)cc1C(C)(C)C.Cl. The molecule has 0 fully saturated rings. The van der Waals surface area contributed by atoms with Crippen LogP contribution in [0.5, 0.6) is 5.75 Å². The lowest BCUT2D eigenvalue weighted by atomic mass is 9.83. The topological polar surface area (TPSA) is 35.2 Å². The molecule has 0 aliphatic carbocycles. The van der Waals surface area contributed by atoms with Gasteiger partial charge in [0.15, 0.2) is 0 Å². The van der Waals surface area contributed by atoms with Crippen LogP contribution in [0.15, 0.2) is 12.1 Å². The summed E-state index contributed by atoms with van der Waals surface area (Å²) in [6.45, 7) is 13.6. The summed E-state index contributed by atoms with van der Waals surface area (Å²) >= 11 is 0. The molecule has 1 rings (SSSR count). The molecule has 0 radical (unpaired) electrons. The van der Waals surface area contributed by atoms with Crippen LogP contribution in [0, 0.1) is 6.92 Å². The van der Waals surface area contributed by atoms with E-state index in [-0.39, 0.29) is 23.9 Å². The number of rotatable bonds is 4. The summed E-state index contributed by atoms with van der Waals surface area (Å²) in [5.41, 5.74) is 9.77. The van der Waals surface area contributed by atoms with Crippen molar-refractivity contribution < 1.29 is 4.74 Å². The Labute approximate surface area is 124 Å². The highest BCUT2D eigenvalue weighted by Gasteiger charge is 2.21. The third kappa shape index (κ3) is 5.04. The number of aryl methyl sites for hydroxylation is 1. The van der Waals surface area contributed by atoms with E-state index in [9.17, 15) is 0 Å². The van der Waals surface area contributed by atoms with Crippen LogP contribution in [0.2, 0.25) is 0 Å². The molecule has 0 bridgehead atoms. The maximum atomic E-state index is 5.90. The van der Waals surface area contributed by atoms with E-state index in [4.69, 9.17) is 10.5 Å². The van der Waals surface area contributed by atoms with Gasteiger partial charge in [-0.25, -0.2) is 0 Å². The normalized spacial score (nSPS) is 12.8. The Morgan fingerprint density at radius 2 is 1.84 bits per heavy atom. The van der Waals surface area contributed by atoms with Gasteiger partial charge in [0, 0.05) is 11.6 Å². The van der Waals surface area contributed by atoms with Crippen LogP contribution in [0.25, 0.3) is 0 Å². The third-order valence-corrected chi connectivity index (χ3v) is 2.99. The molecule has 0 spiro atoms. The summed E-state index contributed by atoms with van der Waals surface area (Å²) < 4.78 is 5.82. The van der Waals surface area contributed by atoms with Crippen molar-refractivity contribution in [2.75, 3.05) is 6.61 Å². The van der Waals surface area contributed by atoms with Crippen molar-refractivity contribution in [3.8, 4) is 5.75 Å². The van der Waals surface area contributed by atoms with Crippen molar-refractivity contribution in [2.24, 2.45) is 5.73 Å². The monoisotopic (exact) mass is 285 g/mol. The first-order valence-corrected chi connectivity index (χ1v) is 6.78. The van der Waals surface area contributed by atoms with Gasteiger partial charge < -0.3 is 10.5 Å². The van der Waals surface area contributed by atoms with Gasteiger partial charge in [0.2, 0.25) is 0 Å². The average molecular weight is 286 g/mol. The van der Waals surface area contributed by atoms with Crippen molar-refractivity contribution in [1.82, 2.24) is 0 Å². The quantitative estimate of drug-likeness (QED) is 0.907. The Morgan fingerprint density at radius 3 is 2.26 bits per heavy atom. The molecule has 1 aromatic rings. The van der Waals surface area contributed by atoms with Gasteiger partial charge in [-0.15, -0.1) is 12.4 Å². The Hall–Kier alpha value is -0.730. The zero-order valence-electron chi connectivity index (χ0n) is 13.0. The number of halogens is 1. The zero-order valence-corrected chi connectivity index (χ0v) is 13.9. The molecule has 0 saturated carbocycles. The summed E-state index contributed by atoms with van der Waals surface area (Å²) in [4.78, 5) is 0. The van der Waals surface area contributed by atoms with Crippen LogP contribution in [0.4, 0.5) is 0 Å². The van der Waals surface area contributed by atoms with E-state index >= 15 is 0 Å². The maximum Gasteiger partial charge on any atom is 0.125 e. The minimum absolute atomic E-state index is 0. The summed E-state index contributed by atoms with van der Waals surface area (Å²) in [7, 11) is 0. The molecular formula is C16H28ClNO. The largest absolute Gasteiger partial charge is 0.493 e. The second-order valence-corrected chi connectivity index (χ2v) is 6.15. The molecule has 1 unspecified atom stereocenters. The fourth-order valence-corrected chi connectivity index (χ4v) is 2.23. The van der Waals surface area contributed by atoms with E-state index in [0.29, 0.717) is 6.61 Å². The Balaban J connectivity index is 0.00000324. The van der Waals surface area contributed by atoms with Gasteiger partial charge in [0.1, 0.15) is 5.75 Å². The minimum atomic E-state index is 0.